The molecule has 0 atom stereocenters. The van der Waals surface area contributed by atoms with Gasteiger partial charge in [0.1, 0.15) is 17.1 Å². The molecule has 2 aromatic carbocycles. The maximum Gasteiger partial charge on any atom is 0.243 e. The van der Waals surface area contributed by atoms with Crippen LogP contribution in [0.2, 0.25) is 0 Å². The first kappa shape index (κ1) is 21.9. The van der Waals surface area contributed by atoms with Crippen LogP contribution in [-0.2, 0) is 22.9 Å². The lowest BCUT2D eigenvalue weighted by Crippen LogP contribution is -2.52. The number of nitrogens with zero attached hydrogens (tertiary/aromatic N) is 1. The Morgan fingerprint density at radius 2 is 1.75 bits per heavy atom. The van der Waals surface area contributed by atoms with Crippen molar-refractivity contribution in [3.8, 4) is 11.5 Å². The largest absolute Gasteiger partial charge is 0.496 e. The van der Waals surface area contributed by atoms with Crippen molar-refractivity contribution >= 4 is 31.7 Å². The Kier molecular flexibility index (Phi) is 5.58. The summed E-state index contributed by atoms with van der Waals surface area (Å²) in [4.78, 5) is 13.2. The van der Waals surface area contributed by atoms with Crippen molar-refractivity contribution in [3.63, 3.8) is 0 Å². The topological polar surface area (TPSA) is 72.9 Å². The first-order valence-electron chi connectivity index (χ1n) is 11.0. The second kappa shape index (κ2) is 8.15. The van der Waals surface area contributed by atoms with Gasteiger partial charge in [0.25, 0.3) is 0 Å². The molecule has 0 amide bonds. The number of hydrogen-bond donors (Lipinski definition) is 0. The number of carbonyl (C=O) groups is 1. The van der Waals surface area contributed by atoms with Crippen molar-refractivity contribution in [2.45, 2.75) is 55.4 Å². The Morgan fingerprint density at radius 1 is 1.06 bits per heavy atom. The molecule has 1 spiro atoms. The van der Waals surface area contributed by atoms with E-state index in [0.29, 0.717) is 53.9 Å². The van der Waals surface area contributed by atoms with Crippen molar-refractivity contribution in [1.82, 2.24) is 4.31 Å². The normalized spacial score (nSPS) is 20.4. The number of hydrogen-bond acceptors (Lipinski definition) is 5. The molecule has 32 heavy (non-hydrogen) atoms. The summed E-state index contributed by atoms with van der Waals surface area (Å²) < 4.78 is 40.1. The third kappa shape index (κ3) is 3.76. The summed E-state index contributed by atoms with van der Waals surface area (Å²) in [7, 11) is -2.10. The predicted octanol–water partition coefficient (Wildman–Crippen LogP) is 4.53. The Labute approximate surface area is 197 Å². The maximum atomic E-state index is 13.2. The number of piperidine rings is 1. The van der Waals surface area contributed by atoms with E-state index in [-0.39, 0.29) is 10.7 Å². The first-order chi connectivity index (χ1) is 15.3. The van der Waals surface area contributed by atoms with Crippen LogP contribution in [0.3, 0.4) is 0 Å². The van der Waals surface area contributed by atoms with Gasteiger partial charge in [0, 0.05) is 25.9 Å². The second-order valence-electron chi connectivity index (χ2n) is 8.91. The van der Waals surface area contributed by atoms with Gasteiger partial charge in [0.15, 0.2) is 5.78 Å². The SMILES string of the molecule is COc1ccc(S(=O)(=O)N2CCC3(CC2)CC(=O)c2cc4c(cc2O3)CCCC4)cc1Br. The molecule has 170 valence electrons. The molecule has 5 rings (SSSR count). The number of aryl methyl sites for hydroxylation is 2. The summed E-state index contributed by atoms with van der Waals surface area (Å²) in [5, 5.41) is 0. The molecular weight excluding hydrogens is 494 g/mol. The van der Waals surface area contributed by atoms with Crippen molar-refractivity contribution in [3.05, 3.63) is 51.5 Å². The molecule has 1 fully saturated rings. The number of carbonyl (C=O) groups excluding carboxylic acids is 1. The Bertz CT molecular complexity index is 1190. The number of rotatable bonds is 3. The number of benzene rings is 2. The maximum absolute atomic E-state index is 13.2. The predicted molar refractivity (Wildman–Crippen MR) is 124 cm³/mol. The molecule has 0 saturated carbocycles. The Hall–Kier alpha value is -1.90. The molecule has 0 N–H and O–H groups in total. The van der Waals surface area contributed by atoms with E-state index in [1.165, 1.54) is 35.4 Å². The number of fused-ring (bicyclic) bond motifs is 2. The summed E-state index contributed by atoms with van der Waals surface area (Å²) in [6, 6.07) is 8.85. The van der Waals surface area contributed by atoms with E-state index >= 15 is 0 Å². The van der Waals surface area contributed by atoms with Gasteiger partial charge in [-0.2, -0.15) is 4.31 Å². The second-order valence-corrected chi connectivity index (χ2v) is 11.7. The van der Waals surface area contributed by atoms with Gasteiger partial charge in [-0.25, -0.2) is 8.42 Å². The third-order valence-corrected chi connectivity index (χ3v) is 9.46. The fourth-order valence-electron chi connectivity index (χ4n) is 5.09. The minimum Gasteiger partial charge on any atom is -0.496 e. The minimum atomic E-state index is -3.64. The van der Waals surface area contributed by atoms with Crippen LogP contribution < -0.4 is 9.47 Å². The monoisotopic (exact) mass is 519 g/mol. The van der Waals surface area contributed by atoms with Crippen LogP contribution in [0, 0.1) is 0 Å². The van der Waals surface area contributed by atoms with Gasteiger partial charge in [0.05, 0.1) is 28.5 Å². The highest BCUT2D eigenvalue weighted by atomic mass is 79.9. The smallest absolute Gasteiger partial charge is 0.243 e. The van der Waals surface area contributed by atoms with Gasteiger partial charge in [-0.15, -0.1) is 0 Å². The van der Waals surface area contributed by atoms with Crippen LogP contribution in [0.25, 0.3) is 0 Å². The molecule has 2 heterocycles. The molecule has 1 aliphatic carbocycles. The van der Waals surface area contributed by atoms with Crippen LogP contribution >= 0.6 is 15.9 Å². The molecule has 0 unspecified atom stereocenters. The zero-order chi connectivity index (χ0) is 22.5. The standard InChI is InChI=1S/C24H26BrNO5S/c1-30-22-7-6-18(14-20(22)25)32(28,29)26-10-8-24(9-11-26)15-21(27)19-12-16-4-2-3-5-17(16)13-23(19)31-24/h6-7,12-14H,2-5,8-11,15H2,1H3. The molecule has 6 nitrogen and oxygen atoms in total. The number of sulfonamides is 1. The van der Waals surface area contributed by atoms with E-state index < -0.39 is 15.6 Å². The average Bonchev–Trinajstić information content (AvgIpc) is 2.78. The molecule has 0 aromatic heterocycles. The van der Waals surface area contributed by atoms with Crippen LogP contribution in [0.4, 0.5) is 0 Å². The van der Waals surface area contributed by atoms with E-state index in [9.17, 15) is 13.2 Å². The molecule has 3 aliphatic rings. The summed E-state index contributed by atoms with van der Waals surface area (Å²) in [5.74, 6) is 1.36. The fourth-order valence-corrected chi connectivity index (χ4v) is 7.25. The lowest BCUT2D eigenvalue weighted by Gasteiger charge is -2.43. The highest BCUT2D eigenvalue weighted by Gasteiger charge is 2.45. The Balaban J connectivity index is 1.35. The van der Waals surface area contributed by atoms with E-state index in [4.69, 9.17) is 9.47 Å². The summed E-state index contributed by atoms with van der Waals surface area (Å²) in [5.41, 5.74) is 2.62. The molecule has 2 aliphatic heterocycles. The minimum absolute atomic E-state index is 0.106. The van der Waals surface area contributed by atoms with Crippen molar-refractivity contribution < 1.29 is 22.7 Å². The van der Waals surface area contributed by atoms with Gasteiger partial charge in [-0.3, -0.25) is 4.79 Å². The molecule has 0 radical (unpaired) electrons. The van der Waals surface area contributed by atoms with Crippen LogP contribution in [0.5, 0.6) is 11.5 Å². The molecule has 2 aromatic rings. The van der Waals surface area contributed by atoms with E-state index in [2.05, 4.69) is 22.0 Å². The number of ether oxygens (including phenoxy) is 2. The number of methoxy groups -OCH3 is 1. The van der Waals surface area contributed by atoms with Gasteiger partial charge in [-0.1, -0.05) is 0 Å². The average molecular weight is 520 g/mol. The summed E-state index contributed by atoms with van der Waals surface area (Å²) >= 11 is 3.36. The summed E-state index contributed by atoms with van der Waals surface area (Å²) in [6.45, 7) is 0.638. The highest BCUT2D eigenvalue weighted by Crippen LogP contribution is 2.42. The molecule has 1 saturated heterocycles. The molecule has 8 heteroatoms. The van der Waals surface area contributed by atoms with Gasteiger partial charge in [0.2, 0.25) is 10.0 Å². The van der Waals surface area contributed by atoms with E-state index in [1.54, 1.807) is 18.2 Å². The lowest BCUT2D eigenvalue weighted by atomic mass is 9.81. The number of Topliss-reactive ketones (excluding diaryl/α,β-unsaturated/α-hetero) is 1. The third-order valence-electron chi connectivity index (χ3n) is 6.95. The van der Waals surface area contributed by atoms with Crippen molar-refractivity contribution in [2.24, 2.45) is 0 Å². The van der Waals surface area contributed by atoms with E-state index in [1.807, 2.05) is 6.07 Å². The molecule has 0 bridgehead atoms. The first-order valence-corrected chi connectivity index (χ1v) is 13.3. The van der Waals surface area contributed by atoms with Crippen LogP contribution in [0.1, 0.15) is 53.6 Å². The fraction of sp³-hybridized carbons (Fsp3) is 0.458. The Morgan fingerprint density at radius 3 is 2.41 bits per heavy atom. The lowest BCUT2D eigenvalue weighted by molar-refractivity contribution is 0.00581. The number of ketones is 1. The van der Waals surface area contributed by atoms with Gasteiger partial charge < -0.3 is 9.47 Å². The zero-order valence-electron chi connectivity index (χ0n) is 18.0. The van der Waals surface area contributed by atoms with Crippen LogP contribution in [0.15, 0.2) is 39.7 Å². The highest BCUT2D eigenvalue weighted by molar-refractivity contribution is 9.10. The van der Waals surface area contributed by atoms with Gasteiger partial charge in [-0.05, 0) is 83.1 Å². The van der Waals surface area contributed by atoms with Gasteiger partial charge >= 0.3 is 0 Å². The number of halogens is 1. The quantitative estimate of drug-likeness (QED) is 0.595. The van der Waals surface area contributed by atoms with E-state index in [0.717, 1.165) is 12.8 Å². The van der Waals surface area contributed by atoms with Crippen LogP contribution in [-0.4, -0.2) is 44.3 Å². The molecular formula is C24H26BrNO5S. The summed E-state index contributed by atoms with van der Waals surface area (Å²) in [6.07, 6.45) is 5.67. The van der Waals surface area contributed by atoms with Crippen molar-refractivity contribution in [1.29, 1.82) is 0 Å². The zero-order valence-corrected chi connectivity index (χ0v) is 20.4. The van der Waals surface area contributed by atoms with Crippen molar-refractivity contribution in [2.75, 3.05) is 20.2 Å².